The Balaban J connectivity index is 2.13. The smallest absolute Gasteiger partial charge is 0.373 e. The third-order valence-corrected chi connectivity index (χ3v) is 3.07. The third kappa shape index (κ3) is 2.84. The maximum atomic E-state index is 11.8. The minimum atomic E-state index is -0.698. The van der Waals surface area contributed by atoms with E-state index in [4.69, 9.17) is 18.9 Å². The van der Waals surface area contributed by atoms with Gasteiger partial charge in [-0.2, -0.15) is 0 Å². The monoisotopic (exact) mass is 256 g/mol. The topological polar surface area (TPSA) is 54.0 Å². The highest BCUT2D eigenvalue weighted by Crippen LogP contribution is 2.38. The molecule has 0 N–H and O–H groups in total. The second-order valence-corrected chi connectivity index (χ2v) is 4.41. The van der Waals surface area contributed by atoms with E-state index in [1.165, 1.54) is 0 Å². The van der Waals surface area contributed by atoms with E-state index in [9.17, 15) is 4.79 Å². The average Bonchev–Trinajstić information content (AvgIpc) is 2.77. The first-order valence-electron chi connectivity index (χ1n) is 6.52. The van der Waals surface area contributed by atoms with Crippen LogP contribution in [0.2, 0.25) is 0 Å². The number of esters is 1. The molecule has 2 heterocycles. The van der Waals surface area contributed by atoms with Crippen LogP contribution in [0.4, 0.5) is 0 Å². The Morgan fingerprint density at radius 1 is 1.50 bits per heavy atom. The van der Waals surface area contributed by atoms with Gasteiger partial charge in [-0.25, -0.2) is 4.79 Å². The molecule has 18 heavy (non-hydrogen) atoms. The Kier molecular flexibility index (Phi) is 4.24. The fraction of sp³-hybridized carbons (Fsp3) is 0.769. The molecule has 0 saturated carbocycles. The second kappa shape index (κ2) is 5.71. The zero-order valence-corrected chi connectivity index (χ0v) is 10.9. The van der Waals surface area contributed by atoms with Crippen LogP contribution in [0.1, 0.15) is 33.1 Å². The number of carbonyl (C=O) groups is 1. The Hall–Kier alpha value is -1.07. The van der Waals surface area contributed by atoms with E-state index in [1.54, 1.807) is 13.0 Å². The van der Waals surface area contributed by atoms with Gasteiger partial charge in [0.05, 0.1) is 19.3 Å². The van der Waals surface area contributed by atoms with E-state index in [-0.39, 0.29) is 11.9 Å². The van der Waals surface area contributed by atoms with Crippen molar-refractivity contribution in [3.63, 3.8) is 0 Å². The first-order chi connectivity index (χ1) is 8.69. The van der Waals surface area contributed by atoms with Gasteiger partial charge >= 0.3 is 5.97 Å². The number of carbonyl (C=O) groups excluding carboxylic acids is 1. The van der Waals surface area contributed by atoms with E-state index in [0.717, 1.165) is 12.8 Å². The molecule has 2 atom stereocenters. The molecule has 0 amide bonds. The molecule has 5 nitrogen and oxygen atoms in total. The molecular weight excluding hydrogens is 236 g/mol. The molecule has 0 radical (unpaired) electrons. The number of hydrogen-bond acceptors (Lipinski definition) is 5. The standard InChI is InChI=1S/C13H20O5/c1-3-15-10-8-11(12(14)16-4-2)18-13(9-10)6-5-7-17-13/h8,10H,3-7,9H2,1-2H3/t10-,13+/m1/s1. The summed E-state index contributed by atoms with van der Waals surface area (Å²) in [5, 5.41) is 0. The molecule has 0 unspecified atom stereocenters. The molecule has 1 saturated heterocycles. The van der Waals surface area contributed by atoms with Gasteiger partial charge in [0.15, 0.2) is 0 Å². The van der Waals surface area contributed by atoms with Crippen molar-refractivity contribution < 1.29 is 23.7 Å². The van der Waals surface area contributed by atoms with E-state index < -0.39 is 11.8 Å². The van der Waals surface area contributed by atoms with E-state index >= 15 is 0 Å². The normalized spacial score (nSPS) is 31.0. The number of rotatable bonds is 4. The van der Waals surface area contributed by atoms with Gasteiger partial charge in [0.2, 0.25) is 11.5 Å². The number of hydrogen-bond donors (Lipinski definition) is 0. The number of ether oxygens (including phenoxy) is 4. The summed E-state index contributed by atoms with van der Waals surface area (Å²) >= 11 is 0. The molecule has 0 aromatic carbocycles. The minimum absolute atomic E-state index is 0.152. The summed E-state index contributed by atoms with van der Waals surface area (Å²) in [4.78, 5) is 11.8. The van der Waals surface area contributed by atoms with E-state index in [0.29, 0.717) is 26.2 Å². The van der Waals surface area contributed by atoms with Crippen molar-refractivity contribution in [3.8, 4) is 0 Å². The van der Waals surface area contributed by atoms with Crippen LogP contribution in [0.5, 0.6) is 0 Å². The predicted octanol–water partition coefficient (Wildman–Crippen LogP) is 1.77. The van der Waals surface area contributed by atoms with Gasteiger partial charge in [-0.05, 0) is 26.3 Å². The molecule has 0 aliphatic carbocycles. The van der Waals surface area contributed by atoms with E-state index in [1.807, 2.05) is 6.92 Å². The van der Waals surface area contributed by atoms with Crippen molar-refractivity contribution >= 4 is 5.97 Å². The molecule has 2 aliphatic rings. The third-order valence-electron chi connectivity index (χ3n) is 3.07. The van der Waals surface area contributed by atoms with Crippen LogP contribution in [0.15, 0.2) is 11.8 Å². The van der Waals surface area contributed by atoms with Gasteiger partial charge in [-0.15, -0.1) is 0 Å². The molecular formula is C13H20O5. The lowest BCUT2D eigenvalue weighted by Crippen LogP contribution is -2.41. The molecule has 0 aromatic rings. The molecule has 5 heteroatoms. The van der Waals surface area contributed by atoms with Crippen LogP contribution in [0.3, 0.4) is 0 Å². The summed E-state index contributed by atoms with van der Waals surface area (Å²) in [6.07, 6.45) is 3.89. The van der Waals surface area contributed by atoms with E-state index in [2.05, 4.69) is 0 Å². The van der Waals surface area contributed by atoms with Gasteiger partial charge in [0.25, 0.3) is 0 Å². The van der Waals surface area contributed by atoms with Crippen molar-refractivity contribution in [1.29, 1.82) is 0 Å². The van der Waals surface area contributed by atoms with Crippen LogP contribution >= 0.6 is 0 Å². The molecule has 2 rings (SSSR count). The van der Waals surface area contributed by atoms with Crippen LogP contribution in [0, 0.1) is 0 Å². The average molecular weight is 256 g/mol. The lowest BCUT2D eigenvalue weighted by molar-refractivity contribution is -0.217. The van der Waals surface area contributed by atoms with Crippen LogP contribution in [0.25, 0.3) is 0 Å². The Labute approximate surface area is 107 Å². The second-order valence-electron chi connectivity index (χ2n) is 4.41. The quantitative estimate of drug-likeness (QED) is 0.717. The zero-order chi connectivity index (χ0) is 13.0. The summed E-state index contributed by atoms with van der Waals surface area (Å²) in [5.74, 6) is -0.934. The van der Waals surface area contributed by atoms with Crippen LogP contribution < -0.4 is 0 Å². The molecule has 1 fully saturated rings. The summed E-state index contributed by atoms with van der Waals surface area (Å²) in [5.41, 5.74) is 0. The first-order valence-corrected chi connectivity index (χ1v) is 6.52. The SMILES string of the molecule is CCOC(=O)C1=C[C@@H](OCC)C[C@]2(CCCO2)O1. The minimum Gasteiger partial charge on any atom is -0.460 e. The van der Waals surface area contributed by atoms with Crippen LogP contribution in [-0.4, -0.2) is 37.7 Å². The fourth-order valence-electron chi connectivity index (χ4n) is 2.36. The maximum Gasteiger partial charge on any atom is 0.373 e. The van der Waals surface area contributed by atoms with Crippen molar-refractivity contribution in [3.05, 3.63) is 11.8 Å². The summed E-state index contributed by atoms with van der Waals surface area (Å²) < 4.78 is 21.9. The van der Waals surface area contributed by atoms with Crippen molar-refractivity contribution in [2.45, 2.75) is 45.0 Å². The Bertz CT molecular complexity index is 330. The first kappa shape index (κ1) is 13.4. The van der Waals surface area contributed by atoms with Crippen molar-refractivity contribution in [2.24, 2.45) is 0 Å². The highest BCUT2D eigenvalue weighted by molar-refractivity contribution is 5.86. The lowest BCUT2D eigenvalue weighted by Gasteiger charge is -2.36. The molecule has 0 bridgehead atoms. The van der Waals surface area contributed by atoms with Crippen LogP contribution in [-0.2, 0) is 23.7 Å². The summed E-state index contributed by atoms with van der Waals surface area (Å²) in [6.45, 7) is 5.27. The summed E-state index contributed by atoms with van der Waals surface area (Å²) in [7, 11) is 0. The van der Waals surface area contributed by atoms with Gasteiger partial charge in [0, 0.05) is 19.4 Å². The lowest BCUT2D eigenvalue weighted by atomic mass is 10.0. The van der Waals surface area contributed by atoms with Gasteiger partial charge in [0.1, 0.15) is 0 Å². The Morgan fingerprint density at radius 2 is 2.33 bits per heavy atom. The fourth-order valence-corrected chi connectivity index (χ4v) is 2.36. The van der Waals surface area contributed by atoms with Gasteiger partial charge < -0.3 is 18.9 Å². The van der Waals surface area contributed by atoms with Crippen molar-refractivity contribution in [1.82, 2.24) is 0 Å². The molecule has 1 spiro atoms. The maximum absolute atomic E-state index is 11.8. The van der Waals surface area contributed by atoms with Crippen molar-refractivity contribution in [2.75, 3.05) is 19.8 Å². The Morgan fingerprint density at radius 3 is 2.94 bits per heavy atom. The predicted molar refractivity (Wildman–Crippen MR) is 63.7 cm³/mol. The highest BCUT2D eigenvalue weighted by Gasteiger charge is 2.44. The molecule has 2 aliphatic heterocycles. The van der Waals surface area contributed by atoms with Gasteiger partial charge in [-0.1, -0.05) is 0 Å². The van der Waals surface area contributed by atoms with Gasteiger partial charge in [-0.3, -0.25) is 0 Å². The summed E-state index contributed by atoms with van der Waals surface area (Å²) in [6, 6.07) is 0. The molecule has 0 aromatic heterocycles. The zero-order valence-electron chi connectivity index (χ0n) is 10.9. The molecule has 102 valence electrons. The largest absolute Gasteiger partial charge is 0.460 e. The highest BCUT2D eigenvalue weighted by atomic mass is 16.7.